The van der Waals surface area contributed by atoms with Crippen LogP contribution in [0, 0.1) is 5.92 Å². The first-order valence-corrected chi connectivity index (χ1v) is 12.1. The van der Waals surface area contributed by atoms with Gasteiger partial charge in [-0.05, 0) is 61.9 Å². The Balaban J connectivity index is 1.21. The van der Waals surface area contributed by atoms with E-state index in [1.165, 1.54) is 54.9 Å². The SMILES string of the molecule is O=C(C1CC1)N1CCN(c2ccnn3cc(-c4ccc(N5CCCCC5)cc4)cc23)CC1. The van der Waals surface area contributed by atoms with E-state index in [2.05, 4.69) is 62.4 Å². The molecule has 6 nitrogen and oxygen atoms in total. The van der Waals surface area contributed by atoms with Gasteiger partial charge in [-0.25, -0.2) is 4.52 Å². The summed E-state index contributed by atoms with van der Waals surface area (Å²) < 4.78 is 1.99. The van der Waals surface area contributed by atoms with Gasteiger partial charge in [0.15, 0.2) is 0 Å². The van der Waals surface area contributed by atoms with Crippen LogP contribution >= 0.6 is 0 Å². The summed E-state index contributed by atoms with van der Waals surface area (Å²) >= 11 is 0. The molecule has 1 aromatic carbocycles. The molecule has 6 heteroatoms. The molecule has 3 aromatic rings. The van der Waals surface area contributed by atoms with Crippen LogP contribution in [0.5, 0.6) is 0 Å². The van der Waals surface area contributed by atoms with Crippen molar-refractivity contribution in [2.75, 3.05) is 49.1 Å². The summed E-state index contributed by atoms with van der Waals surface area (Å²) in [7, 11) is 0. The largest absolute Gasteiger partial charge is 0.372 e. The van der Waals surface area contributed by atoms with Crippen LogP contribution in [0.25, 0.3) is 16.6 Å². The second-order valence-corrected chi connectivity index (χ2v) is 9.46. The van der Waals surface area contributed by atoms with Crippen molar-refractivity contribution in [1.29, 1.82) is 0 Å². The molecule has 166 valence electrons. The molecule has 6 rings (SSSR count). The molecule has 4 heterocycles. The van der Waals surface area contributed by atoms with Crippen LogP contribution in [0.2, 0.25) is 0 Å². The van der Waals surface area contributed by atoms with Crippen molar-refractivity contribution in [3.63, 3.8) is 0 Å². The molecule has 1 aliphatic carbocycles. The lowest BCUT2D eigenvalue weighted by Crippen LogP contribution is -2.49. The van der Waals surface area contributed by atoms with Crippen molar-refractivity contribution >= 4 is 22.8 Å². The van der Waals surface area contributed by atoms with E-state index < -0.39 is 0 Å². The molecule has 0 radical (unpaired) electrons. The monoisotopic (exact) mass is 429 g/mol. The van der Waals surface area contributed by atoms with Crippen molar-refractivity contribution in [2.45, 2.75) is 32.1 Å². The van der Waals surface area contributed by atoms with Crippen molar-refractivity contribution in [3.8, 4) is 11.1 Å². The number of rotatable bonds is 4. The van der Waals surface area contributed by atoms with Gasteiger partial charge >= 0.3 is 0 Å². The van der Waals surface area contributed by atoms with Crippen LogP contribution in [0.3, 0.4) is 0 Å². The van der Waals surface area contributed by atoms with E-state index >= 15 is 0 Å². The number of piperazine rings is 1. The van der Waals surface area contributed by atoms with E-state index in [0.29, 0.717) is 11.8 Å². The van der Waals surface area contributed by atoms with Crippen LogP contribution in [0.1, 0.15) is 32.1 Å². The molecule has 3 fully saturated rings. The Morgan fingerprint density at radius 1 is 0.812 bits per heavy atom. The lowest BCUT2D eigenvalue weighted by atomic mass is 10.1. The second-order valence-electron chi connectivity index (χ2n) is 9.46. The average Bonchev–Trinajstić information content (AvgIpc) is 3.62. The Hall–Kier alpha value is -3.02. The molecule has 3 aliphatic rings. The standard InChI is InChI=1S/C26H31N5O/c32-26(21-4-5-21)30-16-14-29(15-17-30)24-10-11-27-31-19-22(18-25(24)31)20-6-8-23(9-7-20)28-12-2-1-3-13-28/h6-11,18-19,21H,1-5,12-17H2. The number of hydrogen-bond acceptors (Lipinski definition) is 4. The third-order valence-electron chi connectivity index (χ3n) is 7.27. The van der Waals surface area contributed by atoms with Crippen LogP contribution in [0.4, 0.5) is 11.4 Å². The first-order valence-electron chi connectivity index (χ1n) is 12.1. The normalized spacial score (nSPS) is 19.6. The van der Waals surface area contributed by atoms with Gasteiger partial charge in [0.25, 0.3) is 0 Å². The molecule has 32 heavy (non-hydrogen) atoms. The topological polar surface area (TPSA) is 44.1 Å². The smallest absolute Gasteiger partial charge is 0.225 e. The van der Waals surface area contributed by atoms with Gasteiger partial charge in [0.1, 0.15) is 0 Å². The molecule has 0 N–H and O–H groups in total. The first-order chi connectivity index (χ1) is 15.8. The number of anilines is 2. The minimum atomic E-state index is 0.309. The summed E-state index contributed by atoms with van der Waals surface area (Å²) in [6.45, 7) is 5.72. The summed E-state index contributed by atoms with van der Waals surface area (Å²) in [6.07, 6.45) is 10.1. The summed E-state index contributed by atoms with van der Waals surface area (Å²) in [6, 6.07) is 13.3. The summed E-state index contributed by atoms with van der Waals surface area (Å²) in [5.74, 6) is 0.672. The fraction of sp³-hybridized carbons (Fsp3) is 0.462. The highest BCUT2D eigenvalue weighted by molar-refractivity contribution is 5.82. The number of hydrogen-bond donors (Lipinski definition) is 0. The maximum Gasteiger partial charge on any atom is 0.225 e. The molecule has 0 atom stereocenters. The lowest BCUT2D eigenvalue weighted by molar-refractivity contribution is -0.132. The molecule has 1 amide bonds. The highest BCUT2D eigenvalue weighted by atomic mass is 16.2. The molecule has 1 saturated carbocycles. The van der Waals surface area contributed by atoms with Gasteiger partial charge in [0.05, 0.1) is 11.2 Å². The number of fused-ring (bicyclic) bond motifs is 1. The fourth-order valence-electron chi connectivity index (χ4n) is 5.20. The van der Waals surface area contributed by atoms with Crippen molar-refractivity contribution in [3.05, 3.63) is 48.8 Å². The predicted molar refractivity (Wildman–Crippen MR) is 128 cm³/mol. The number of carbonyl (C=O) groups excluding carboxylic acids is 1. The molecule has 2 saturated heterocycles. The Labute approximate surface area is 189 Å². The number of carbonyl (C=O) groups is 1. The summed E-state index contributed by atoms with van der Waals surface area (Å²) in [5.41, 5.74) is 6.08. The van der Waals surface area contributed by atoms with E-state index in [-0.39, 0.29) is 0 Å². The molecular formula is C26H31N5O. The van der Waals surface area contributed by atoms with E-state index in [0.717, 1.165) is 44.5 Å². The molecular weight excluding hydrogens is 398 g/mol. The Kier molecular flexibility index (Phi) is 5.01. The van der Waals surface area contributed by atoms with Gasteiger partial charge in [-0.3, -0.25) is 4.79 Å². The third kappa shape index (κ3) is 3.72. The van der Waals surface area contributed by atoms with Crippen LogP contribution in [-0.2, 0) is 4.79 Å². The molecule has 0 unspecified atom stereocenters. The minimum Gasteiger partial charge on any atom is -0.372 e. The van der Waals surface area contributed by atoms with Gasteiger partial charge in [0.2, 0.25) is 5.91 Å². The van der Waals surface area contributed by atoms with Crippen molar-refractivity contribution in [1.82, 2.24) is 14.5 Å². The number of amides is 1. The van der Waals surface area contributed by atoms with Gasteiger partial charge < -0.3 is 14.7 Å². The van der Waals surface area contributed by atoms with E-state index in [1.807, 2.05) is 10.7 Å². The number of nitrogens with zero attached hydrogens (tertiary/aromatic N) is 5. The quantitative estimate of drug-likeness (QED) is 0.628. The first kappa shape index (κ1) is 19.6. The third-order valence-corrected chi connectivity index (χ3v) is 7.27. The highest BCUT2D eigenvalue weighted by Crippen LogP contribution is 2.33. The van der Waals surface area contributed by atoms with Crippen molar-refractivity contribution in [2.24, 2.45) is 5.92 Å². The molecule has 2 aliphatic heterocycles. The van der Waals surface area contributed by atoms with E-state index in [9.17, 15) is 4.79 Å². The zero-order chi connectivity index (χ0) is 21.5. The summed E-state index contributed by atoms with van der Waals surface area (Å²) in [5, 5.41) is 4.57. The maximum absolute atomic E-state index is 12.4. The van der Waals surface area contributed by atoms with Gasteiger partial charge in [-0.1, -0.05) is 12.1 Å². The molecule has 0 spiro atoms. The van der Waals surface area contributed by atoms with Gasteiger partial charge in [0, 0.05) is 68.8 Å². The van der Waals surface area contributed by atoms with E-state index in [4.69, 9.17) is 0 Å². The van der Waals surface area contributed by atoms with Crippen LogP contribution < -0.4 is 9.80 Å². The lowest BCUT2D eigenvalue weighted by Gasteiger charge is -2.36. The average molecular weight is 430 g/mol. The van der Waals surface area contributed by atoms with Crippen LogP contribution in [-0.4, -0.2) is 59.7 Å². The minimum absolute atomic E-state index is 0.309. The highest BCUT2D eigenvalue weighted by Gasteiger charge is 2.34. The van der Waals surface area contributed by atoms with Crippen LogP contribution in [0.15, 0.2) is 48.8 Å². The molecule has 0 bridgehead atoms. The number of aromatic nitrogens is 2. The van der Waals surface area contributed by atoms with Gasteiger partial charge in [-0.2, -0.15) is 5.10 Å². The maximum atomic E-state index is 12.4. The fourth-order valence-corrected chi connectivity index (χ4v) is 5.20. The Morgan fingerprint density at radius 3 is 2.28 bits per heavy atom. The Bertz CT molecular complexity index is 1100. The Morgan fingerprint density at radius 2 is 1.56 bits per heavy atom. The number of benzene rings is 1. The zero-order valence-corrected chi connectivity index (χ0v) is 18.6. The zero-order valence-electron chi connectivity index (χ0n) is 18.6. The number of piperidine rings is 1. The second kappa shape index (κ2) is 8.15. The van der Waals surface area contributed by atoms with Crippen molar-refractivity contribution < 1.29 is 4.79 Å². The predicted octanol–water partition coefficient (Wildman–Crippen LogP) is 4.05. The van der Waals surface area contributed by atoms with Gasteiger partial charge in [-0.15, -0.1) is 0 Å². The summed E-state index contributed by atoms with van der Waals surface area (Å²) in [4.78, 5) is 19.3. The van der Waals surface area contributed by atoms with E-state index in [1.54, 1.807) is 0 Å². The molecule has 2 aromatic heterocycles.